The summed E-state index contributed by atoms with van der Waals surface area (Å²) in [6, 6.07) is 11.4. The van der Waals surface area contributed by atoms with Crippen LogP contribution in [0.4, 0.5) is 5.69 Å². The zero-order chi connectivity index (χ0) is 14.7. The van der Waals surface area contributed by atoms with Gasteiger partial charge in [-0.25, -0.2) is 0 Å². The number of fused-ring (bicyclic) bond motifs is 1. The van der Waals surface area contributed by atoms with Gasteiger partial charge in [-0.3, -0.25) is 0 Å². The topological polar surface area (TPSA) is 30.5 Å². The Bertz CT molecular complexity index is 626. The number of nitrogens with one attached hydrogen (secondary N) is 1. The van der Waals surface area contributed by atoms with Gasteiger partial charge < -0.3 is 14.8 Å². The first-order valence-electron chi connectivity index (χ1n) is 6.80. The molecule has 3 rings (SSSR count). The van der Waals surface area contributed by atoms with Crippen molar-refractivity contribution in [1.29, 1.82) is 0 Å². The van der Waals surface area contributed by atoms with E-state index in [4.69, 9.17) is 32.7 Å². The minimum atomic E-state index is 0.608. The second-order valence-corrected chi connectivity index (χ2v) is 5.60. The number of halogens is 2. The first-order valence-corrected chi connectivity index (χ1v) is 7.56. The van der Waals surface area contributed by atoms with E-state index in [0.29, 0.717) is 29.8 Å². The van der Waals surface area contributed by atoms with E-state index in [1.54, 1.807) is 0 Å². The van der Waals surface area contributed by atoms with Crippen LogP contribution in [0.1, 0.15) is 12.0 Å². The molecule has 1 aliphatic rings. The zero-order valence-corrected chi connectivity index (χ0v) is 12.9. The van der Waals surface area contributed by atoms with E-state index >= 15 is 0 Å². The summed E-state index contributed by atoms with van der Waals surface area (Å²) in [7, 11) is 0. The molecule has 0 aromatic heterocycles. The van der Waals surface area contributed by atoms with Gasteiger partial charge in [0.25, 0.3) is 0 Å². The maximum Gasteiger partial charge on any atom is 0.161 e. The molecule has 5 heteroatoms. The van der Waals surface area contributed by atoms with Crippen LogP contribution in [0, 0.1) is 0 Å². The van der Waals surface area contributed by atoms with Gasteiger partial charge in [0.05, 0.1) is 28.9 Å². The Morgan fingerprint density at radius 1 is 0.952 bits per heavy atom. The van der Waals surface area contributed by atoms with Crippen molar-refractivity contribution in [3.8, 4) is 11.5 Å². The molecule has 1 aliphatic heterocycles. The third-order valence-corrected chi connectivity index (χ3v) is 3.87. The van der Waals surface area contributed by atoms with Crippen molar-refractivity contribution in [1.82, 2.24) is 0 Å². The normalized spacial score (nSPS) is 13.6. The Hall–Kier alpha value is -1.58. The fourth-order valence-electron chi connectivity index (χ4n) is 2.17. The quantitative estimate of drug-likeness (QED) is 0.882. The standard InChI is InChI=1S/C16H15Cl2NO2/c17-12-3-1-4-13(18)16(12)19-10-11-5-6-14-15(9-11)21-8-2-7-20-14/h1,3-6,9,19H,2,7-8,10H2. The number of anilines is 1. The predicted molar refractivity (Wildman–Crippen MR) is 85.8 cm³/mol. The van der Waals surface area contributed by atoms with Gasteiger partial charge in [-0.15, -0.1) is 0 Å². The van der Waals surface area contributed by atoms with Gasteiger partial charge in [-0.05, 0) is 29.8 Å². The fourth-order valence-corrected chi connectivity index (χ4v) is 2.71. The Balaban J connectivity index is 1.75. The van der Waals surface area contributed by atoms with Crippen LogP contribution in [-0.4, -0.2) is 13.2 Å². The molecule has 2 aromatic rings. The van der Waals surface area contributed by atoms with Crippen molar-refractivity contribution in [2.75, 3.05) is 18.5 Å². The van der Waals surface area contributed by atoms with Gasteiger partial charge in [0, 0.05) is 13.0 Å². The van der Waals surface area contributed by atoms with Gasteiger partial charge >= 0.3 is 0 Å². The average Bonchev–Trinajstić information content (AvgIpc) is 2.71. The Morgan fingerprint density at radius 3 is 2.43 bits per heavy atom. The minimum Gasteiger partial charge on any atom is -0.490 e. The van der Waals surface area contributed by atoms with Gasteiger partial charge in [0.2, 0.25) is 0 Å². The highest BCUT2D eigenvalue weighted by Gasteiger charge is 2.11. The summed E-state index contributed by atoms with van der Waals surface area (Å²) in [6.45, 7) is 1.99. The largest absolute Gasteiger partial charge is 0.490 e. The lowest BCUT2D eigenvalue weighted by Crippen LogP contribution is -2.01. The Morgan fingerprint density at radius 2 is 1.67 bits per heavy atom. The number of hydrogen-bond acceptors (Lipinski definition) is 3. The molecule has 110 valence electrons. The van der Waals surface area contributed by atoms with Crippen LogP contribution in [0.25, 0.3) is 0 Å². The monoisotopic (exact) mass is 323 g/mol. The maximum absolute atomic E-state index is 6.14. The molecule has 0 saturated heterocycles. The molecule has 0 radical (unpaired) electrons. The third-order valence-electron chi connectivity index (χ3n) is 3.24. The summed E-state index contributed by atoms with van der Waals surface area (Å²) >= 11 is 12.3. The van der Waals surface area contributed by atoms with Crippen molar-refractivity contribution in [3.63, 3.8) is 0 Å². The molecule has 0 saturated carbocycles. The van der Waals surface area contributed by atoms with Gasteiger partial charge in [-0.2, -0.15) is 0 Å². The number of rotatable bonds is 3. The van der Waals surface area contributed by atoms with E-state index in [0.717, 1.165) is 29.2 Å². The van der Waals surface area contributed by atoms with E-state index in [2.05, 4.69) is 5.32 Å². The summed E-state index contributed by atoms with van der Waals surface area (Å²) in [5, 5.41) is 4.48. The first kappa shape index (κ1) is 14.4. The second kappa shape index (κ2) is 6.46. The van der Waals surface area contributed by atoms with Crippen LogP contribution in [-0.2, 0) is 6.54 Å². The summed E-state index contributed by atoms with van der Waals surface area (Å²) in [5.74, 6) is 1.59. The predicted octanol–water partition coefficient (Wildman–Crippen LogP) is 4.77. The minimum absolute atomic E-state index is 0.608. The lowest BCUT2D eigenvalue weighted by atomic mass is 10.2. The van der Waals surface area contributed by atoms with Crippen molar-refractivity contribution in [2.45, 2.75) is 13.0 Å². The van der Waals surface area contributed by atoms with Crippen LogP contribution in [0.2, 0.25) is 10.0 Å². The molecule has 21 heavy (non-hydrogen) atoms. The molecule has 0 fully saturated rings. The lowest BCUT2D eigenvalue weighted by Gasteiger charge is -2.12. The molecule has 0 atom stereocenters. The van der Waals surface area contributed by atoms with Crippen molar-refractivity contribution in [3.05, 3.63) is 52.0 Å². The highest BCUT2D eigenvalue weighted by molar-refractivity contribution is 6.39. The summed E-state index contributed by atoms with van der Waals surface area (Å²) in [5.41, 5.74) is 1.82. The number of hydrogen-bond donors (Lipinski definition) is 1. The number of benzene rings is 2. The summed E-state index contributed by atoms with van der Waals surface area (Å²) in [4.78, 5) is 0. The van der Waals surface area contributed by atoms with Crippen LogP contribution in [0.15, 0.2) is 36.4 Å². The van der Waals surface area contributed by atoms with Crippen LogP contribution in [0.3, 0.4) is 0 Å². The van der Waals surface area contributed by atoms with Gasteiger partial charge in [-0.1, -0.05) is 35.3 Å². The summed E-state index contributed by atoms with van der Waals surface area (Å²) < 4.78 is 11.3. The number of ether oxygens (including phenoxy) is 2. The van der Waals surface area contributed by atoms with Crippen molar-refractivity contribution >= 4 is 28.9 Å². The average molecular weight is 324 g/mol. The molecule has 1 heterocycles. The smallest absolute Gasteiger partial charge is 0.161 e. The molecule has 2 aromatic carbocycles. The van der Waals surface area contributed by atoms with Crippen LogP contribution < -0.4 is 14.8 Å². The van der Waals surface area contributed by atoms with Gasteiger partial charge in [0.1, 0.15) is 0 Å². The molecule has 0 amide bonds. The van der Waals surface area contributed by atoms with Crippen LogP contribution >= 0.6 is 23.2 Å². The molecule has 3 nitrogen and oxygen atoms in total. The Labute approximate surface area is 133 Å². The molecule has 0 unspecified atom stereocenters. The van der Waals surface area contributed by atoms with E-state index < -0.39 is 0 Å². The maximum atomic E-state index is 6.14. The van der Waals surface area contributed by atoms with E-state index in [1.165, 1.54) is 0 Å². The lowest BCUT2D eigenvalue weighted by molar-refractivity contribution is 0.297. The molecule has 0 bridgehead atoms. The van der Waals surface area contributed by atoms with E-state index in [-0.39, 0.29) is 0 Å². The van der Waals surface area contributed by atoms with Gasteiger partial charge in [0.15, 0.2) is 11.5 Å². The molecular weight excluding hydrogens is 309 g/mol. The first-order chi connectivity index (χ1) is 10.2. The molecular formula is C16H15Cl2NO2. The van der Waals surface area contributed by atoms with E-state index in [9.17, 15) is 0 Å². The summed E-state index contributed by atoms with van der Waals surface area (Å²) in [6.07, 6.45) is 0.900. The highest BCUT2D eigenvalue weighted by Crippen LogP contribution is 2.32. The third kappa shape index (κ3) is 3.36. The number of para-hydroxylation sites is 1. The van der Waals surface area contributed by atoms with E-state index in [1.807, 2.05) is 36.4 Å². The SMILES string of the molecule is Clc1cccc(Cl)c1NCc1ccc2c(c1)OCCCO2. The van der Waals surface area contributed by atoms with Crippen molar-refractivity contribution in [2.24, 2.45) is 0 Å². The highest BCUT2D eigenvalue weighted by atomic mass is 35.5. The van der Waals surface area contributed by atoms with Crippen molar-refractivity contribution < 1.29 is 9.47 Å². The Kier molecular flexibility index (Phi) is 4.42. The molecule has 0 aliphatic carbocycles. The fraction of sp³-hybridized carbons (Fsp3) is 0.250. The molecule has 0 spiro atoms. The zero-order valence-electron chi connectivity index (χ0n) is 11.4. The van der Waals surface area contributed by atoms with Crippen LogP contribution in [0.5, 0.6) is 11.5 Å². The second-order valence-electron chi connectivity index (χ2n) is 4.78. The molecule has 1 N–H and O–H groups in total.